The van der Waals surface area contributed by atoms with E-state index in [4.69, 9.17) is 0 Å². The van der Waals surface area contributed by atoms with Gasteiger partial charge in [0.1, 0.15) is 5.82 Å². The second-order valence-corrected chi connectivity index (χ2v) is 5.93. The summed E-state index contributed by atoms with van der Waals surface area (Å²) in [4.78, 5) is 4.66. The Morgan fingerprint density at radius 3 is 2.95 bits per heavy atom. The van der Waals surface area contributed by atoms with Gasteiger partial charge in [-0.3, -0.25) is 0 Å². The van der Waals surface area contributed by atoms with Crippen LogP contribution < -0.4 is 5.32 Å². The minimum Gasteiger partial charge on any atom is -0.307 e. The standard InChI is InChI=1S/C15H17FN2S/c16-13-6-1-3-11(7-13)8-17-9-14-10-19-15(18-14)12-4-2-5-12/h1,3,6-7,10,12,17H,2,4-5,8-9H2. The first kappa shape index (κ1) is 12.8. The molecule has 19 heavy (non-hydrogen) atoms. The molecule has 1 aromatic heterocycles. The Labute approximate surface area is 116 Å². The van der Waals surface area contributed by atoms with E-state index in [0.717, 1.165) is 17.8 Å². The molecule has 0 radical (unpaired) electrons. The first-order chi connectivity index (χ1) is 9.31. The highest BCUT2D eigenvalue weighted by atomic mass is 32.1. The van der Waals surface area contributed by atoms with Gasteiger partial charge in [0.25, 0.3) is 0 Å². The van der Waals surface area contributed by atoms with Crippen LogP contribution in [0.5, 0.6) is 0 Å². The van der Waals surface area contributed by atoms with Crippen LogP contribution in [-0.2, 0) is 13.1 Å². The minimum absolute atomic E-state index is 0.180. The Balaban J connectivity index is 1.50. The molecule has 1 heterocycles. The molecule has 3 rings (SSSR count). The number of thiazole rings is 1. The number of nitrogens with zero attached hydrogens (tertiary/aromatic N) is 1. The Hall–Kier alpha value is -1.26. The van der Waals surface area contributed by atoms with Gasteiger partial charge in [-0.1, -0.05) is 18.6 Å². The molecule has 0 spiro atoms. The van der Waals surface area contributed by atoms with Gasteiger partial charge in [0.2, 0.25) is 0 Å². The fourth-order valence-corrected chi connectivity index (χ4v) is 3.22. The molecule has 100 valence electrons. The van der Waals surface area contributed by atoms with Gasteiger partial charge >= 0.3 is 0 Å². The van der Waals surface area contributed by atoms with Crippen molar-refractivity contribution < 1.29 is 4.39 Å². The zero-order valence-corrected chi connectivity index (χ0v) is 11.5. The zero-order chi connectivity index (χ0) is 13.1. The lowest BCUT2D eigenvalue weighted by Gasteiger charge is -2.22. The van der Waals surface area contributed by atoms with Crippen LogP contribution in [-0.4, -0.2) is 4.98 Å². The molecule has 1 aliphatic carbocycles. The number of benzene rings is 1. The molecule has 1 saturated carbocycles. The average molecular weight is 276 g/mol. The van der Waals surface area contributed by atoms with Crippen molar-refractivity contribution in [2.45, 2.75) is 38.3 Å². The van der Waals surface area contributed by atoms with Crippen LogP contribution in [0.4, 0.5) is 4.39 Å². The van der Waals surface area contributed by atoms with Crippen molar-refractivity contribution in [3.8, 4) is 0 Å². The van der Waals surface area contributed by atoms with Gasteiger partial charge in [-0.15, -0.1) is 11.3 Å². The normalized spacial score (nSPS) is 15.4. The summed E-state index contributed by atoms with van der Waals surface area (Å²) in [5, 5.41) is 6.73. The maximum absolute atomic E-state index is 13.0. The van der Waals surface area contributed by atoms with Crippen LogP contribution in [0.15, 0.2) is 29.6 Å². The smallest absolute Gasteiger partial charge is 0.123 e. The van der Waals surface area contributed by atoms with Crippen LogP contribution in [0.1, 0.15) is 41.4 Å². The van der Waals surface area contributed by atoms with Gasteiger partial charge in [-0.25, -0.2) is 9.37 Å². The molecule has 0 aliphatic heterocycles. The van der Waals surface area contributed by atoms with E-state index >= 15 is 0 Å². The molecule has 1 aromatic carbocycles. The van der Waals surface area contributed by atoms with Crippen molar-refractivity contribution in [2.24, 2.45) is 0 Å². The Morgan fingerprint density at radius 2 is 2.21 bits per heavy atom. The number of aromatic nitrogens is 1. The lowest BCUT2D eigenvalue weighted by Crippen LogP contribution is -2.13. The van der Waals surface area contributed by atoms with Gasteiger partial charge in [-0.05, 0) is 30.5 Å². The van der Waals surface area contributed by atoms with E-state index in [0.29, 0.717) is 12.5 Å². The van der Waals surface area contributed by atoms with Gasteiger partial charge in [0.15, 0.2) is 0 Å². The summed E-state index contributed by atoms with van der Waals surface area (Å²) in [6, 6.07) is 6.70. The van der Waals surface area contributed by atoms with E-state index < -0.39 is 0 Å². The van der Waals surface area contributed by atoms with Gasteiger partial charge < -0.3 is 5.32 Å². The van der Waals surface area contributed by atoms with Crippen LogP contribution in [0.3, 0.4) is 0 Å². The maximum Gasteiger partial charge on any atom is 0.123 e. The van der Waals surface area contributed by atoms with Crippen molar-refractivity contribution in [3.05, 3.63) is 51.7 Å². The van der Waals surface area contributed by atoms with E-state index in [1.807, 2.05) is 6.07 Å². The predicted octanol–water partition coefficient (Wildman–Crippen LogP) is 3.84. The van der Waals surface area contributed by atoms with E-state index in [2.05, 4.69) is 15.7 Å². The predicted molar refractivity (Wildman–Crippen MR) is 75.6 cm³/mol. The molecule has 1 N–H and O–H groups in total. The number of nitrogens with one attached hydrogen (secondary N) is 1. The average Bonchev–Trinajstić information content (AvgIpc) is 2.75. The molecule has 0 atom stereocenters. The Morgan fingerprint density at radius 1 is 1.32 bits per heavy atom. The molecule has 0 unspecified atom stereocenters. The maximum atomic E-state index is 13.0. The summed E-state index contributed by atoms with van der Waals surface area (Å²) in [5.74, 6) is 0.530. The zero-order valence-electron chi connectivity index (χ0n) is 10.7. The first-order valence-electron chi connectivity index (χ1n) is 6.71. The lowest BCUT2D eigenvalue weighted by atomic mass is 9.86. The lowest BCUT2D eigenvalue weighted by molar-refractivity contribution is 0.417. The van der Waals surface area contributed by atoms with E-state index in [1.165, 1.54) is 30.3 Å². The number of halogens is 1. The summed E-state index contributed by atoms with van der Waals surface area (Å²) < 4.78 is 13.0. The van der Waals surface area contributed by atoms with E-state index in [1.54, 1.807) is 23.5 Å². The number of hydrogen-bond donors (Lipinski definition) is 1. The highest BCUT2D eigenvalue weighted by Gasteiger charge is 2.22. The highest BCUT2D eigenvalue weighted by molar-refractivity contribution is 7.09. The summed E-state index contributed by atoms with van der Waals surface area (Å²) in [5.41, 5.74) is 2.07. The van der Waals surface area contributed by atoms with Crippen LogP contribution in [0, 0.1) is 5.82 Å². The number of hydrogen-bond acceptors (Lipinski definition) is 3. The molecule has 1 aliphatic rings. The van der Waals surface area contributed by atoms with E-state index in [-0.39, 0.29) is 5.82 Å². The molecule has 0 saturated heterocycles. The van der Waals surface area contributed by atoms with Crippen molar-refractivity contribution in [3.63, 3.8) is 0 Å². The fourth-order valence-electron chi connectivity index (χ4n) is 2.23. The SMILES string of the molecule is Fc1cccc(CNCc2csc(C3CCC3)n2)c1. The van der Waals surface area contributed by atoms with Crippen molar-refractivity contribution in [1.29, 1.82) is 0 Å². The van der Waals surface area contributed by atoms with Crippen molar-refractivity contribution in [1.82, 2.24) is 10.3 Å². The topological polar surface area (TPSA) is 24.9 Å². The molecule has 0 bridgehead atoms. The second kappa shape index (κ2) is 5.80. The summed E-state index contributed by atoms with van der Waals surface area (Å²) >= 11 is 1.77. The first-order valence-corrected chi connectivity index (χ1v) is 7.59. The summed E-state index contributed by atoms with van der Waals surface area (Å²) in [6.45, 7) is 1.42. The largest absolute Gasteiger partial charge is 0.307 e. The fraction of sp³-hybridized carbons (Fsp3) is 0.400. The van der Waals surface area contributed by atoms with Crippen LogP contribution >= 0.6 is 11.3 Å². The third-order valence-corrected chi connectivity index (χ3v) is 4.60. The quantitative estimate of drug-likeness (QED) is 0.897. The van der Waals surface area contributed by atoms with Crippen LogP contribution in [0.2, 0.25) is 0 Å². The molecular formula is C15H17FN2S. The monoisotopic (exact) mass is 276 g/mol. The van der Waals surface area contributed by atoms with Crippen molar-refractivity contribution in [2.75, 3.05) is 0 Å². The summed E-state index contributed by atoms with van der Waals surface area (Å²) in [6.07, 6.45) is 3.94. The van der Waals surface area contributed by atoms with Crippen LogP contribution in [0.25, 0.3) is 0 Å². The van der Waals surface area contributed by atoms with Gasteiger partial charge in [-0.2, -0.15) is 0 Å². The Bertz CT molecular complexity index is 549. The van der Waals surface area contributed by atoms with Crippen molar-refractivity contribution >= 4 is 11.3 Å². The molecule has 1 fully saturated rings. The molecule has 0 amide bonds. The molecule has 4 heteroatoms. The van der Waals surface area contributed by atoms with Gasteiger partial charge in [0.05, 0.1) is 10.7 Å². The molecule has 2 nitrogen and oxygen atoms in total. The molecular weight excluding hydrogens is 259 g/mol. The third kappa shape index (κ3) is 3.19. The second-order valence-electron chi connectivity index (χ2n) is 5.04. The summed E-state index contributed by atoms with van der Waals surface area (Å²) in [7, 11) is 0. The number of rotatable bonds is 5. The molecule has 2 aromatic rings. The minimum atomic E-state index is -0.180. The van der Waals surface area contributed by atoms with Gasteiger partial charge in [0, 0.05) is 24.4 Å². The van der Waals surface area contributed by atoms with E-state index in [9.17, 15) is 4.39 Å². The Kier molecular flexibility index (Phi) is 3.89. The highest BCUT2D eigenvalue weighted by Crippen LogP contribution is 2.37. The third-order valence-electron chi connectivity index (χ3n) is 3.55.